The second-order valence-corrected chi connectivity index (χ2v) is 13.0. The normalized spacial score (nSPS) is 17.3. The molecule has 1 saturated heterocycles. The SMILES string of the molecule is CC(SC1COC(C=CC=Cc2ccc(C#N)cc2F)OC1)C(Cn1cncn1)(OC(=O)OCOC(=O)CCC(=O)OCC(=O)O)c1ccc(F)cc1F. The van der Waals surface area contributed by atoms with Crippen molar-refractivity contribution in [3.63, 3.8) is 0 Å². The number of thioether (sulfide) groups is 1. The lowest BCUT2D eigenvalue weighted by molar-refractivity contribution is -0.160. The number of carboxylic acid groups (broad SMARTS) is 1. The third-order valence-electron chi connectivity index (χ3n) is 7.53. The molecular formula is C35H33F3N4O11S. The van der Waals surface area contributed by atoms with Crippen LogP contribution in [0, 0.1) is 28.8 Å². The first-order valence-electron chi connectivity index (χ1n) is 16.0. The van der Waals surface area contributed by atoms with Crippen molar-refractivity contribution >= 4 is 41.9 Å². The van der Waals surface area contributed by atoms with E-state index < -0.39 is 90.1 Å². The highest BCUT2D eigenvalue weighted by Crippen LogP contribution is 2.42. The van der Waals surface area contributed by atoms with E-state index in [1.165, 1.54) is 47.3 Å². The van der Waals surface area contributed by atoms with Crippen molar-refractivity contribution in [1.82, 2.24) is 14.8 Å². The molecule has 2 unspecified atom stereocenters. The number of benzene rings is 2. The number of nitrogens with zero attached hydrogens (tertiary/aromatic N) is 4. The summed E-state index contributed by atoms with van der Waals surface area (Å²) in [5.74, 6) is -5.82. The zero-order valence-electron chi connectivity index (χ0n) is 28.5. The number of carbonyl (C=O) groups is 4. The summed E-state index contributed by atoms with van der Waals surface area (Å²) >= 11 is 1.20. The van der Waals surface area contributed by atoms with Gasteiger partial charge in [0.05, 0.1) is 49.5 Å². The van der Waals surface area contributed by atoms with Crippen LogP contribution in [0.2, 0.25) is 0 Å². The maximum absolute atomic E-state index is 15.6. The molecule has 1 N–H and O–H groups in total. The molecule has 0 bridgehead atoms. The van der Waals surface area contributed by atoms with Crippen LogP contribution < -0.4 is 0 Å². The number of hydrogen-bond donors (Lipinski definition) is 1. The first kappa shape index (κ1) is 41.1. The lowest BCUT2D eigenvalue weighted by Gasteiger charge is -2.40. The zero-order valence-corrected chi connectivity index (χ0v) is 29.3. The number of esters is 2. The van der Waals surface area contributed by atoms with Crippen LogP contribution in [-0.2, 0) is 55.0 Å². The minimum atomic E-state index is -1.95. The second kappa shape index (κ2) is 19.9. The van der Waals surface area contributed by atoms with Crippen LogP contribution in [-0.4, -0.2) is 87.3 Å². The number of rotatable bonds is 17. The number of halogens is 3. The van der Waals surface area contributed by atoms with E-state index in [-0.39, 0.29) is 36.4 Å². The van der Waals surface area contributed by atoms with Gasteiger partial charge < -0.3 is 33.5 Å². The summed E-state index contributed by atoms with van der Waals surface area (Å²) < 4.78 is 76.7. The highest BCUT2D eigenvalue weighted by atomic mass is 32.2. The number of nitriles is 1. The van der Waals surface area contributed by atoms with E-state index in [4.69, 9.17) is 34.1 Å². The summed E-state index contributed by atoms with van der Waals surface area (Å²) in [5, 5.41) is 20.3. The van der Waals surface area contributed by atoms with Gasteiger partial charge in [-0.05, 0) is 37.3 Å². The van der Waals surface area contributed by atoms with Gasteiger partial charge in [-0.1, -0.05) is 24.3 Å². The number of ether oxygens (including phenoxy) is 6. The fraction of sp³-hybridized carbons (Fsp3) is 0.343. The van der Waals surface area contributed by atoms with Gasteiger partial charge in [0.25, 0.3) is 0 Å². The summed E-state index contributed by atoms with van der Waals surface area (Å²) in [6, 6.07) is 8.69. The zero-order chi connectivity index (χ0) is 39.1. The summed E-state index contributed by atoms with van der Waals surface area (Å²) in [6.45, 7) is -0.288. The summed E-state index contributed by atoms with van der Waals surface area (Å²) in [5.41, 5.74) is -1.71. The van der Waals surface area contributed by atoms with E-state index in [1.807, 2.05) is 6.07 Å². The van der Waals surface area contributed by atoms with Crippen LogP contribution in [0.25, 0.3) is 6.08 Å². The number of carboxylic acids is 1. The Morgan fingerprint density at radius 2 is 1.80 bits per heavy atom. The Kier molecular flexibility index (Phi) is 15.2. The summed E-state index contributed by atoms with van der Waals surface area (Å²) in [6.07, 6.45) is 5.60. The smallest absolute Gasteiger partial charge is 0.479 e. The van der Waals surface area contributed by atoms with Gasteiger partial charge in [-0.25, -0.2) is 32.4 Å². The molecule has 2 atom stereocenters. The third-order valence-corrected chi connectivity index (χ3v) is 8.98. The summed E-state index contributed by atoms with van der Waals surface area (Å²) in [4.78, 5) is 51.1. The molecule has 1 aliphatic rings. The molecule has 286 valence electrons. The molecule has 0 spiro atoms. The van der Waals surface area contributed by atoms with Crippen molar-refractivity contribution in [3.8, 4) is 6.07 Å². The van der Waals surface area contributed by atoms with Crippen LogP contribution in [0.1, 0.15) is 36.5 Å². The van der Waals surface area contributed by atoms with Crippen molar-refractivity contribution in [2.45, 2.75) is 48.7 Å². The monoisotopic (exact) mass is 774 g/mol. The first-order chi connectivity index (χ1) is 25.9. The average molecular weight is 775 g/mol. The molecule has 0 radical (unpaired) electrons. The Hall–Kier alpha value is -5.71. The second-order valence-electron chi connectivity index (χ2n) is 11.3. The number of aromatic nitrogens is 3. The standard InChI is InChI=1S/C35H33F3N4O11S/c1-22(54-26-15-49-33(50-16-26)5-3-2-4-24-7-6-23(14-39)12-28(24)37)35(18-42-20-40-19-41-42,27-9-8-25(36)13-29(27)38)53-34(47)52-21-51-32(46)11-10-31(45)48-17-30(43)44/h2-9,12-13,19-20,22,26,33H,10-11,15-18,21H2,1H3,(H,43,44). The van der Waals surface area contributed by atoms with Crippen molar-refractivity contribution in [1.29, 1.82) is 5.26 Å². The van der Waals surface area contributed by atoms with Gasteiger partial charge in [0.2, 0.25) is 6.79 Å². The van der Waals surface area contributed by atoms with E-state index in [9.17, 15) is 28.0 Å². The number of allylic oxidation sites excluding steroid dienone is 2. The highest BCUT2D eigenvalue weighted by Gasteiger charge is 2.47. The molecule has 1 fully saturated rings. The van der Waals surface area contributed by atoms with Gasteiger partial charge in [0.15, 0.2) is 18.5 Å². The van der Waals surface area contributed by atoms with Crippen molar-refractivity contribution in [2.24, 2.45) is 0 Å². The van der Waals surface area contributed by atoms with Gasteiger partial charge in [-0.2, -0.15) is 10.4 Å². The van der Waals surface area contributed by atoms with Crippen molar-refractivity contribution < 1.29 is 65.9 Å². The molecule has 1 aliphatic heterocycles. The quantitative estimate of drug-likeness (QED) is 0.0859. The van der Waals surface area contributed by atoms with Gasteiger partial charge in [-0.15, -0.1) is 11.8 Å². The van der Waals surface area contributed by atoms with Gasteiger partial charge in [0, 0.05) is 22.4 Å². The molecule has 3 aromatic rings. The van der Waals surface area contributed by atoms with Gasteiger partial charge >= 0.3 is 24.1 Å². The van der Waals surface area contributed by atoms with Gasteiger partial charge in [-0.3, -0.25) is 9.59 Å². The molecule has 0 aliphatic carbocycles. The highest BCUT2D eigenvalue weighted by molar-refractivity contribution is 8.00. The maximum Gasteiger partial charge on any atom is 0.512 e. The van der Waals surface area contributed by atoms with E-state index in [1.54, 1.807) is 25.2 Å². The molecule has 15 nitrogen and oxygen atoms in total. The molecule has 0 amide bonds. The van der Waals surface area contributed by atoms with E-state index in [2.05, 4.69) is 14.8 Å². The maximum atomic E-state index is 15.6. The largest absolute Gasteiger partial charge is 0.512 e. The van der Waals surface area contributed by atoms with E-state index in [0.717, 1.165) is 18.2 Å². The lowest BCUT2D eigenvalue weighted by Crippen LogP contribution is -2.47. The number of carbonyl (C=O) groups excluding carboxylic acids is 3. The Morgan fingerprint density at radius 1 is 1.06 bits per heavy atom. The molecule has 4 rings (SSSR count). The van der Waals surface area contributed by atoms with E-state index >= 15 is 4.39 Å². The topological polar surface area (TPSA) is 198 Å². The Labute approximate surface area is 310 Å². The van der Waals surface area contributed by atoms with Crippen molar-refractivity contribution in [3.05, 3.63) is 101 Å². The Morgan fingerprint density at radius 3 is 2.44 bits per heavy atom. The Bertz CT molecular complexity index is 1880. The number of aliphatic carboxylic acids is 1. The molecule has 19 heteroatoms. The van der Waals surface area contributed by atoms with E-state index in [0.29, 0.717) is 6.07 Å². The lowest BCUT2D eigenvalue weighted by atomic mass is 9.89. The van der Waals surface area contributed by atoms with Gasteiger partial charge in [0.1, 0.15) is 30.1 Å². The average Bonchev–Trinajstić information content (AvgIpc) is 3.65. The molecule has 54 heavy (non-hydrogen) atoms. The van der Waals surface area contributed by atoms with Crippen molar-refractivity contribution in [2.75, 3.05) is 26.6 Å². The minimum absolute atomic E-state index is 0.132. The first-order valence-corrected chi connectivity index (χ1v) is 16.9. The van der Waals surface area contributed by atoms with Crippen LogP contribution in [0.15, 0.2) is 67.3 Å². The molecular weight excluding hydrogens is 741 g/mol. The fourth-order valence-electron chi connectivity index (χ4n) is 4.94. The van der Waals surface area contributed by atoms with Crippen LogP contribution in [0.5, 0.6) is 0 Å². The molecule has 2 heterocycles. The molecule has 2 aromatic carbocycles. The predicted octanol–water partition coefficient (Wildman–Crippen LogP) is 4.66. The minimum Gasteiger partial charge on any atom is -0.479 e. The summed E-state index contributed by atoms with van der Waals surface area (Å²) in [7, 11) is 0. The third kappa shape index (κ3) is 12.2. The fourth-order valence-corrected chi connectivity index (χ4v) is 6.30. The Balaban J connectivity index is 1.42. The van der Waals surface area contributed by atoms with Crippen LogP contribution in [0.3, 0.4) is 0 Å². The van der Waals surface area contributed by atoms with Crippen LogP contribution >= 0.6 is 11.8 Å². The van der Waals surface area contributed by atoms with Crippen LogP contribution in [0.4, 0.5) is 18.0 Å². The molecule has 1 aromatic heterocycles. The number of hydrogen-bond acceptors (Lipinski definition) is 14. The predicted molar refractivity (Wildman–Crippen MR) is 180 cm³/mol. The molecule has 0 saturated carbocycles.